The van der Waals surface area contributed by atoms with Crippen LogP contribution in [0, 0.1) is 0 Å². The number of hydrogen-bond donors (Lipinski definition) is 1. The van der Waals surface area contributed by atoms with Crippen molar-refractivity contribution in [2.45, 2.75) is 52.1 Å². The van der Waals surface area contributed by atoms with Gasteiger partial charge in [-0.05, 0) is 39.7 Å². The Morgan fingerprint density at radius 3 is 2.65 bits per heavy atom. The average molecular weight is 283 g/mol. The molecule has 0 aromatic carbocycles. The summed E-state index contributed by atoms with van der Waals surface area (Å²) in [5.74, 6) is 0.865. The van der Waals surface area contributed by atoms with Crippen molar-refractivity contribution in [3.8, 4) is 5.75 Å². The predicted octanol–water partition coefficient (Wildman–Crippen LogP) is 2.94. The van der Waals surface area contributed by atoms with E-state index in [-0.39, 0.29) is 6.04 Å². The molecule has 0 radical (unpaired) electrons. The summed E-state index contributed by atoms with van der Waals surface area (Å²) >= 11 is 0. The van der Waals surface area contributed by atoms with E-state index < -0.39 is 0 Å². The summed E-state index contributed by atoms with van der Waals surface area (Å²) in [7, 11) is 3.45. The second-order valence-corrected chi connectivity index (χ2v) is 5.28. The standard InChI is InChI=1S/C15H29N3O2/c1-6-9-16-13(8-7-10-19-4)15-14(20-5)11-17-18(15)12(2)3/h11-13,16H,6-10H2,1-5H3. The number of methoxy groups -OCH3 is 2. The molecule has 0 fully saturated rings. The summed E-state index contributed by atoms with van der Waals surface area (Å²) in [6.45, 7) is 8.23. The molecule has 20 heavy (non-hydrogen) atoms. The number of ether oxygens (including phenoxy) is 2. The quantitative estimate of drug-likeness (QED) is 0.671. The minimum Gasteiger partial charge on any atom is -0.493 e. The third-order valence-corrected chi connectivity index (χ3v) is 3.32. The van der Waals surface area contributed by atoms with Gasteiger partial charge in [0.25, 0.3) is 0 Å². The van der Waals surface area contributed by atoms with Gasteiger partial charge in [-0.2, -0.15) is 5.10 Å². The Balaban J connectivity index is 2.94. The van der Waals surface area contributed by atoms with Crippen molar-refractivity contribution < 1.29 is 9.47 Å². The van der Waals surface area contributed by atoms with Crippen LogP contribution < -0.4 is 10.1 Å². The van der Waals surface area contributed by atoms with Gasteiger partial charge in [0, 0.05) is 19.8 Å². The third kappa shape index (κ3) is 4.49. The largest absolute Gasteiger partial charge is 0.493 e. The lowest BCUT2D eigenvalue weighted by Gasteiger charge is -2.22. The lowest BCUT2D eigenvalue weighted by molar-refractivity contribution is 0.187. The Kier molecular flexibility index (Phi) is 7.62. The molecule has 116 valence electrons. The molecule has 0 aliphatic heterocycles. The summed E-state index contributed by atoms with van der Waals surface area (Å²) in [6, 6.07) is 0.576. The molecule has 1 rings (SSSR count). The van der Waals surface area contributed by atoms with Gasteiger partial charge in [-0.3, -0.25) is 4.68 Å². The minimum absolute atomic E-state index is 0.255. The number of aromatic nitrogens is 2. The van der Waals surface area contributed by atoms with Crippen molar-refractivity contribution in [2.75, 3.05) is 27.4 Å². The Bertz CT molecular complexity index is 377. The molecular formula is C15H29N3O2. The zero-order valence-electron chi connectivity index (χ0n) is 13.5. The van der Waals surface area contributed by atoms with Gasteiger partial charge in [-0.25, -0.2) is 0 Å². The maximum absolute atomic E-state index is 5.49. The summed E-state index contributed by atoms with van der Waals surface area (Å²) in [6.07, 6.45) is 4.96. The maximum Gasteiger partial charge on any atom is 0.161 e. The van der Waals surface area contributed by atoms with Crippen LogP contribution in [0.15, 0.2) is 6.20 Å². The van der Waals surface area contributed by atoms with Crippen molar-refractivity contribution in [1.29, 1.82) is 0 Å². The maximum atomic E-state index is 5.49. The summed E-state index contributed by atoms with van der Waals surface area (Å²) in [5.41, 5.74) is 1.15. The average Bonchev–Trinajstić information content (AvgIpc) is 2.86. The molecular weight excluding hydrogens is 254 g/mol. The van der Waals surface area contributed by atoms with E-state index in [1.54, 1.807) is 14.2 Å². The van der Waals surface area contributed by atoms with Crippen LogP contribution in [0.4, 0.5) is 0 Å². The molecule has 0 bridgehead atoms. The molecule has 1 heterocycles. The second-order valence-electron chi connectivity index (χ2n) is 5.28. The van der Waals surface area contributed by atoms with Gasteiger partial charge in [0.05, 0.1) is 25.0 Å². The monoisotopic (exact) mass is 283 g/mol. The molecule has 1 aromatic heterocycles. The first-order valence-electron chi connectivity index (χ1n) is 7.49. The molecule has 1 N–H and O–H groups in total. The third-order valence-electron chi connectivity index (χ3n) is 3.32. The van der Waals surface area contributed by atoms with Crippen LogP contribution in [-0.4, -0.2) is 37.2 Å². The van der Waals surface area contributed by atoms with Gasteiger partial charge in [-0.1, -0.05) is 6.92 Å². The van der Waals surface area contributed by atoms with Crippen LogP contribution in [0.5, 0.6) is 5.75 Å². The number of rotatable bonds is 10. The zero-order chi connectivity index (χ0) is 15.0. The fraction of sp³-hybridized carbons (Fsp3) is 0.800. The molecule has 0 amide bonds. The van der Waals surface area contributed by atoms with Gasteiger partial charge in [0.1, 0.15) is 0 Å². The van der Waals surface area contributed by atoms with Gasteiger partial charge >= 0.3 is 0 Å². The highest BCUT2D eigenvalue weighted by atomic mass is 16.5. The van der Waals surface area contributed by atoms with Crippen LogP contribution >= 0.6 is 0 Å². The zero-order valence-corrected chi connectivity index (χ0v) is 13.5. The van der Waals surface area contributed by atoms with Crippen molar-refractivity contribution in [1.82, 2.24) is 15.1 Å². The van der Waals surface area contributed by atoms with Crippen molar-refractivity contribution in [3.63, 3.8) is 0 Å². The smallest absolute Gasteiger partial charge is 0.161 e. The SMILES string of the molecule is CCCNC(CCCOC)c1c(OC)cnn1C(C)C. The van der Waals surface area contributed by atoms with Crippen molar-refractivity contribution >= 4 is 0 Å². The lowest BCUT2D eigenvalue weighted by Crippen LogP contribution is -2.26. The first kappa shape index (κ1) is 17.0. The first-order valence-corrected chi connectivity index (χ1v) is 7.49. The lowest BCUT2D eigenvalue weighted by atomic mass is 10.1. The molecule has 5 nitrogen and oxygen atoms in total. The molecule has 1 atom stereocenters. The van der Waals surface area contributed by atoms with Gasteiger partial charge in [-0.15, -0.1) is 0 Å². The summed E-state index contributed by atoms with van der Waals surface area (Å²) in [5, 5.41) is 8.07. The predicted molar refractivity (Wildman–Crippen MR) is 81.3 cm³/mol. The number of hydrogen-bond acceptors (Lipinski definition) is 4. The first-order chi connectivity index (χ1) is 9.65. The van der Waals surface area contributed by atoms with E-state index >= 15 is 0 Å². The molecule has 1 unspecified atom stereocenters. The number of nitrogens with one attached hydrogen (secondary N) is 1. The van der Waals surface area contributed by atoms with Crippen molar-refractivity contribution in [3.05, 3.63) is 11.9 Å². The molecule has 0 spiro atoms. The van der Waals surface area contributed by atoms with Crippen LogP contribution in [-0.2, 0) is 4.74 Å². The number of nitrogens with zero attached hydrogens (tertiary/aromatic N) is 2. The fourth-order valence-electron chi connectivity index (χ4n) is 2.34. The molecule has 1 aromatic rings. The van der Waals surface area contributed by atoms with E-state index in [1.165, 1.54) is 0 Å². The van der Waals surface area contributed by atoms with E-state index in [0.717, 1.165) is 43.9 Å². The Labute approximate surface area is 122 Å². The summed E-state index contributed by atoms with van der Waals surface area (Å²) in [4.78, 5) is 0. The van der Waals surface area contributed by atoms with Gasteiger partial charge in [0.15, 0.2) is 5.75 Å². The highest BCUT2D eigenvalue weighted by Gasteiger charge is 2.22. The summed E-state index contributed by atoms with van der Waals surface area (Å²) < 4.78 is 12.7. The molecule has 5 heteroatoms. The van der Waals surface area contributed by atoms with E-state index in [9.17, 15) is 0 Å². The van der Waals surface area contributed by atoms with Crippen LogP contribution in [0.2, 0.25) is 0 Å². The Hall–Kier alpha value is -1.07. The van der Waals surface area contributed by atoms with E-state index in [0.29, 0.717) is 6.04 Å². The minimum atomic E-state index is 0.255. The highest BCUT2D eigenvalue weighted by Crippen LogP contribution is 2.30. The molecule has 0 saturated carbocycles. The van der Waals surface area contributed by atoms with Crippen LogP contribution in [0.1, 0.15) is 57.8 Å². The molecule has 0 aliphatic rings. The topological polar surface area (TPSA) is 48.3 Å². The van der Waals surface area contributed by atoms with Gasteiger partial charge in [0.2, 0.25) is 0 Å². The Morgan fingerprint density at radius 1 is 1.35 bits per heavy atom. The van der Waals surface area contributed by atoms with E-state index in [1.807, 2.05) is 6.20 Å². The second kappa shape index (κ2) is 8.97. The Morgan fingerprint density at radius 2 is 2.10 bits per heavy atom. The van der Waals surface area contributed by atoms with E-state index in [2.05, 4.69) is 35.9 Å². The molecule has 0 aliphatic carbocycles. The normalized spacial score (nSPS) is 12.9. The van der Waals surface area contributed by atoms with E-state index in [4.69, 9.17) is 9.47 Å². The van der Waals surface area contributed by atoms with Gasteiger partial charge < -0.3 is 14.8 Å². The van der Waals surface area contributed by atoms with Crippen LogP contribution in [0.25, 0.3) is 0 Å². The fourth-order valence-corrected chi connectivity index (χ4v) is 2.34. The highest BCUT2D eigenvalue weighted by molar-refractivity contribution is 5.28. The van der Waals surface area contributed by atoms with Crippen molar-refractivity contribution in [2.24, 2.45) is 0 Å². The van der Waals surface area contributed by atoms with Crippen LogP contribution in [0.3, 0.4) is 0 Å². The molecule has 0 saturated heterocycles.